The van der Waals surface area contributed by atoms with E-state index in [0.717, 1.165) is 35.9 Å². The van der Waals surface area contributed by atoms with Gasteiger partial charge in [0.15, 0.2) is 6.61 Å². The van der Waals surface area contributed by atoms with Crippen molar-refractivity contribution in [3.8, 4) is 11.5 Å². The predicted molar refractivity (Wildman–Crippen MR) is 113 cm³/mol. The molecule has 0 aromatic heterocycles. The van der Waals surface area contributed by atoms with Gasteiger partial charge in [-0.1, -0.05) is 43.7 Å². The highest BCUT2D eigenvalue weighted by Gasteiger charge is 2.13. The van der Waals surface area contributed by atoms with Gasteiger partial charge < -0.3 is 14.8 Å². The van der Waals surface area contributed by atoms with E-state index in [1.165, 1.54) is 32.1 Å². The van der Waals surface area contributed by atoms with Gasteiger partial charge in [0, 0.05) is 10.7 Å². The van der Waals surface area contributed by atoms with Crippen molar-refractivity contribution in [1.82, 2.24) is 0 Å². The topological polar surface area (TPSA) is 47.6 Å². The van der Waals surface area contributed by atoms with Gasteiger partial charge >= 0.3 is 0 Å². The molecule has 0 spiro atoms. The third kappa shape index (κ3) is 6.45. The Kier molecular flexibility index (Phi) is 7.61. The number of carbonyl (C=O) groups is 1. The van der Waals surface area contributed by atoms with Gasteiger partial charge in [0.1, 0.15) is 11.5 Å². The van der Waals surface area contributed by atoms with Gasteiger partial charge in [0.05, 0.1) is 6.61 Å². The predicted octanol–water partition coefficient (Wildman–Crippen LogP) is 6.02. The third-order valence-electron chi connectivity index (χ3n) is 5.16. The number of carbonyl (C=O) groups excluding carboxylic acids is 1. The average molecular weight is 402 g/mol. The van der Waals surface area contributed by atoms with Crippen molar-refractivity contribution in [2.24, 2.45) is 5.92 Å². The van der Waals surface area contributed by atoms with Crippen molar-refractivity contribution in [2.75, 3.05) is 18.5 Å². The largest absolute Gasteiger partial charge is 0.494 e. The van der Waals surface area contributed by atoms with Crippen molar-refractivity contribution in [2.45, 2.75) is 45.4 Å². The molecule has 28 heavy (non-hydrogen) atoms. The van der Waals surface area contributed by atoms with Crippen molar-refractivity contribution >= 4 is 23.2 Å². The Morgan fingerprint density at radius 2 is 1.75 bits per heavy atom. The molecule has 1 fully saturated rings. The summed E-state index contributed by atoms with van der Waals surface area (Å²) >= 11 is 5.99. The molecule has 2 aromatic carbocycles. The second kappa shape index (κ2) is 10.4. The van der Waals surface area contributed by atoms with Crippen LogP contribution >= 0.6 is 11.6 Å². The maximum absolute atomic E-state index is 12.1. The van der Waals surface area contributed by atoms with Crippen LogP contribution in [0.15, 0.2) is 42.5 Å². The van der Waals surface area contributed by atoms with Gasteiger partial charge in [-0.2, -0.15) is 0 Å². The van der Waals surface area contributed by atoms with Gasteiger partial charge in [-0.25, -0.2) is 0 Å². The third-order valence-corrected chi connectivity index (χ3v) is 5.58. The van der Waals surface area contributed by atoms with Crippen LogP contribution in [0.4, 0.5) is 5.69 Å². The smallest absolute Gasteiger partial charge is 0.262 e. The maximum Gasteiger partial charge on any atom is 0.262 e. The summed E-state index contributed by atoms with van der Waals surface area (Å²) in [5, 5.41) is 3.51. The highest BCUT2D eigenvalue weighted by atomic mass is 35.5. The molecule has 0 aliphatic heterocycles. The normalized spacial score (nSPS) is 14.5. The Morgan fingerprint density at radius 3 is 2.46 bits per heavy atom. The summed E-state index contributed by atoms with van der Waals surface area (Å²) in [4.78, 5) is 12.1. The standard InChI is InChI=1S/C23H28ClNO3/c1-17-15-21(11-12-22(17)24)28-16-23(26)25-19-7-9-20(10-8-19)27-14-13-18-5-3-2-4-6-18/h7-12,15,18H,2-6,13-14,16H2,1H3,(H,25,26). The Bertz CT molecular complexity index is 770. The van der Waals surface area contributed by atoms with Crippen molar-refractivity contribution < 1.29 is 14.3 Å². The summed E-state index contributed by atoms with van der Waals surface area (Å²) in [6, 6.07) is 12.8. The highest BCUT2D eigenvalue weighted by molar-refractivity contribution is 6.31. The molecule has 1 aliphatic carbocycles. The lowest BCUT2D eigenvalue weighted by Gasteiger charge is -2.21. The van der Waals surface area contributed by atoms with Crippen molar-refractivity contribution in [1.29, 1.82) is 0 Å². The first kappa shape index (κ1) is 20.5. The van der Waals surface area contributed by atoms with Crippen LogP contribution in [-0.2, 0) is 4.79 Å². The maximum atomic E-state index is 12.1. The van der Waals surface area contributed by atoms with Gasteiger partial charge in [-0.15, -0.1) is 0 Å². The number of anilines is 1. The minimum Gasteiger partial charge on any atom is -0.494 e. The first-order chi connectivity index (χ1) is 13.6. The van der Waals surface area contributed by atoms with Gasteiger partial charge in [0.2, 0.25) is 0 Å². The zero-order chi connectivity index (χ0) is 19.8. The fraction of sp³-hybridized carbons (Fsp3) is 0.435. The molecule has 1 amide bonds. The summed E-state index contributed by atoms with van der Waals surface area (Å²) < 4.78 is 11.4. The first-order valence-electron chi connectivity index (χ1n) is 10.0. The van der Waals surface area contributed by atoms with E-state index in [9.17, 15) is 4.79 Å². The summed E-state index contributed by atoms with van der Waals surface area (Å²) in [5.41, 5.74) is 1.64. The number of halogens is 1. The molecule has 0 heterocycles. The van der Waals surface area contributed by atoms with Crippen LogP contribution in [0.1, 0.15) is 44.1 Å². The van der Waals surface area contributed by atoms with E-state index in [2.05, 4.69) is 5.32 Å². The Morgan fingerprint density at radius 1 is 1.04 bits per heavy atom. The molecule has 1 saturated carbocycles. The summed E-state index contributed by atoms with van der Waals surface area (Å²) in [7, 11) is 0. The molecule has 0 atom stereocenters. The van der Waals surface area contributed by atoms with E-state index in [0.29, 0.717) is 10.8 Å². The number of aryl methyl sites for hydroxylation is 1. The minimum absolute atomic E-state index is 0.0548. The SMILES string of the molecule is Cc1cc(OCC(=O)Nc2ccc(OCCC3CCCCC3)cc2)ccc1Cl. The molecule has 150 valence electrons. The average Bonchev–Trinajstić information content (AvgIpc) is 2.71. The molecule has 4 nitrogen and oxygen atoms in total. The lowest BCUT2D eigenvalue weighted by molar-refractivity contribution is -0.118. The van der Waals surface area contributed by atoms with Crippen LogP contribution < -0.4 is 14.8 Å². The van der Waals surface area contributed by atoms with E-state index in [1.807, 2.05) is 37.3 Å². The van der Waals surface area contributed by atoms with E-state index in [1.54, 1.807) is 12.1 Å². The van der Waals surface area contributed by atoms with Gasteiger partial charge in [-0.05, 0) is 67.3 Å². The lowest BCUT2D eigenvalue weighted by Crippen LogP contribution is -2.20. The van der Waals surface area contributed by atoms with Crippen molar-refractivity contribution in [3.05, 3.63) is 53.1 Å². The molecule has 0 saturated heterocycles. The molecule has 0 radical (unpaired) electrons. The van der Waals surface area contributed by atoms with E-state index in [-0.39, 0.29) is 12.5 Å². The first-order valence-corrected chi connectivity index (χ1v) is 10.4. The lowest BCUT2D eigenvalue weighted by atomic mass is 9.87. The monoisotopic (exact) mass is 401 g/mol. The van der Waals surface area contributed by atoms with Crippen LogP contribution in [0.25, 0.3) is 0 Å². The van der Waals surface area contributed by atoms with Crippen LogP contribution in [0.2, 0.25) is 5.02 Å². The minimum atomic E-state index is -0.210. The summed E-state index contributed by atoms with van der Waals surface area (Å²) in [6.45, 7) is 2.60. The van der Waals surface area contributed by atoms with Crippen LogP contribution in [-0.4, -0.2) is 19.1 Å². The second-order valence-electron chi connectivity index (χ2n) is 7.41. The number of benzene rings is 2. The Balaban J connectivity index is 1.39. The molecular formula is C23H28ClNO3. The molecule has 0 unspecified atom stereocenters. The number of amides is 1. The molecule has 5 heteroatoms. The van der Waals surface area contributed by atoms with Gasteiger partial charge in [-0.3, -0.25) is 4.79 Å². The van der Waals surface area contributed by atoms with E-state index >= 15 is 0 Å². The summed E-state index contributed by atoms with van der Waals surface area (Å²) in [5.74, 6) is 2.07. The quantitative estimate of drug-likeness (QED) is 0.588. The van der Waals surface area contributed by atoms with Crippen LogP contribution in [0.5, 0.6) is 11.5 Å². The Labute approximate surface area is 172 Å². The number of ether oxygens (including phenoxy) is 2. The summed E-state index contributed by atoms with van der Waals surface area (Å²) in [6.07, 6.45) is 7.91. The fourth-order valence-electron chi connectivity index (χ4n) is 3.51. The van der Waals surface area contributed by atoms with Gasteiger partial charge in [0.25, 0.3) is 5.91 Å². The zero-order valence-electron chi connectivity index (χ0n) is 16.4. The fourth-order valence-corrected chi connectivity index (χ4v) is 3.62. The number of hydrogen-bond acceptors (Lipinski definition) is 3. The van der Waals surface area contributed by atoms with Crippen LogP contribution in [0, 0.1) is 12.8 Å². The molecule has 3 rings (SSSR count). The number of hydrogen-bond donors (Lipinski definition) is 1. The molecular weight excluding hydrogens is 374 g/mol. The Hall–Kier alpha value is -2.20. The highest BCUT2D eigenvalue weighted by Crippen LogP contribution is 2.26. The number of nitrogens with one attached hydrogen (secondary N) is 1. The number of rotatable bonds is 8. The molecule has 2 aromatic rings. The van der Waals surface area contributed by atoms with E-state index < -0.39 is 0 Å². The van der Waals surface area contributed by atoms with Crippen molar-refractivity contribution in [3.63, 3.8) is 0 Å². The van der Waals surface area contributed by atoms with E-state index in [4.69, 9.17) is 21.1 Å². The second-order valence-corrected chi connectivity index (χ2v) is 7.82. The molecule has 1 N–H and O–H groups in total. The zero-order valence-corrected chi connectivity index (χ0v) is 17.1. The molecule has 0 bridgehead atoms. The molecule has 1 aliphatic rings. The van der Waals surface area contributed by atoms with Crippen LogP contribution in [0.3, 0.4) is 0 Å².